The van der Waals surface area contributed by atoms with E-state index >= 15 is 0 Å². The fourth-order valence-electron chi connectivity index (χ4n) is 1.63. The topological polar surface area (TPSA) is 35.2 Å². The number of benzene rings is 1. The number of rotatable bonds is 7. The molecular formula is C15H24FNO. The van der Waals surface area contributed by atoms with Crippen molar-refractivity contribution in [2.75, 3.05) is 6.61 Å². The number of hydrogen-bond acceptors (Lipinski definition) is 2. The molecule has 0 aliphatic carbocycles. The van der Waals surface area contributed by atoms with Crippen molar-refractivity contribution in [2.45, 2.75) is 46.1 Å². The van der Waals surface area contributed by atoms with Gasteiger partial charge in [-0.3, -0.25) is 0 Å². The van der Waals surface area contributed by atoms with Crippen molar-refractivity contribution >= 4 is 0 Å². The van der Waals surface area contributed by atoms with Crippen LogP contribution in [0.3, 0.4) is 0 Å². The van der Waals surface area contributed by atoms with Crippen molar-refractivity contribution in [1.29, 1.82) is 0 Å². The molecule has 0 aliphatic rings. The summed E-state index contributed by atoms with van der Waals surface area (Å²) in [4.78, 5) is 0. The number of ether oxygens (including phenoxy) is 1. The third-order valence-electron chi connectivity index (χ3n) is 3.25. The van der Waals surface area contributed by atoms with Crippen LogP contribution in [0.4, 0.5) is 4.39 Å². The number of halogens is 1. The molecule has 2 N–H and O–H groups in total. The third kappa shape index (κ3) is 4.65. The molecule has 0 heterocycles. The Morgan fingerprint density at radius 1 is 1.28 bits per heavy atom. The van der Waals surface area contributed by atoms with Crippen LogP contribution in [-0.2, 0) is 6.42 Å². The van der Waals surface area contributed by atoms with Gasteiger partial charge in [0.2, 0.25) is 0 Å². The van der Waals surface area contributed by atoms with Gasteiger partial charge in [0.05, 0.1) is 6.61 Å². The maximum atomic E-state index is 13.3. The molecule has 0 fully saturated rings. The zero-order valence-corrected chi connectivity index (χ0v) is 11.6. The lowest BCUT2D eigenvalue weighted by Gasteiger charge is -2.16. The van der Waals surface area contributed by atoms with Crippen LogP contribution in [-0.4, -0.2) is 12.6 Å². The molecule has 2 atom stereocenters. The summed E-state index contributed by atoms with van der Waals surface area (Å²) in [5.74, 6) is 1.03. The lowest BCUT2D eigenvalue weighted by atomic mass is 10.0. The van der Waals surface area contributed by atoms with Gasteiger partial charge in [0.25, 0.3) is 0 Å². The molecule has 18 heavy (non-hydrogen) atoms. The van der Waals surface area contributed by atoms with Gasteiger partial charge in [-0.1, -0.05) is 27.2 Å². The molecular weight excluding hydrogens is 229 g/mol. The molecule has 0 aliphatic heterocycles. The Morgan fingerprint density at radius 2 is 2.00 bits per heavy atom. The second kappa shape index (κ2) is 7.37. The minimum atomic E-state index is -0.232. The summed E-state index contributed by atoms with van der Waals surface area (Å²) in [6, 6.07) is 4.72. The third-order valence-corrected chi connectivity index (χ3v) is 3.25. The average molecular weight is 253 g/mol. The van der Waals surface area contributed by atoms with Crippen molar-refractivity contribution in [3.8, 4) is 5.75 Å². The summed E-state index contributed by atoms with van der Waals surface area (Å²) >= 11 is 0. The van der Waals surface area contributed by atoms with Gasteiger partial charge in [0, 0.05) is 6.04 Å². The summed E-state index contributed by atoms with van der Waals surface area (Å²) in [5, 5.41) is 0. The molecule has 0 bridgehead atoms. The molecule has 0 spiro atoms. The van der Waals surface area contributed by atoms with Crippen LogP contribution >= 0.6 is 0 Å². The molecule has 3 heteroatoms. The van der Waals surface area contributed by atoms with E-state index < -0.39 is 0 Å². The highest BCUT2D eigenvalue weighted by Gasteiger charge is 2.10. The Hall–Kier alpha value is -1.09. The van der Waals surface area contributed by atoms with Gasteiger partial charge in [-0.15, -0.1) is 0 Å². The van der Waals surface area contributed by atoms with Crippen LogP contribution in [0.2, 0.25) is 0 Å². The normalized spacial score (nSPS) is 14.3. The van der Waals surface area contributed by atoms with Crippen molar-refractivity contribution in [3.63, 3.8) is 0 Å². The van der Waals surface area contributed by atoms with E-state index in [-0.39, 0.29) is 11.9 Å². The largest absolute Gasteiger partial charge is 0.493 e. The fraction of sp³-hybridized carbons (Fsp3) is 0.600. The van der Waals surface area contributed by atoms with Crippen LogP contribution in [0.15, 0.2) is 18.2 Å². The van der Waals surface area contributed by atoms with Crippen molar-refractivity contribution in [3.05, 3.63) is 29.6 Å². The molecule has 0 amide bonds. The molecule has 0 saturated heterocycles. The Labute approximate surface area is 109 Å². The predicted molar refractivity (Wildman–Crippen MR) is 73.3 cm³/mol. The van der Waals surface area contributed by atoms with Gasteiger partial charge >= 0.3 is 0 Å². The van der Waals surface area contributed by atoms with Crippen molar-refractivity contribution in [1.82, 2.24) is 0 Å². The second-order valence-electron chi connectivity index (χ2n) is 4.95. The first kappa shape index (κ1) is 15.0. The van der Waals surface area contributed by atoms with Crippen LogP contribution in [0.1, 0.15) is 39.2 Å². The number of hydrogen-bond donors (Lipinski definition) is 1. The molecule has 0 aromatic heterocycles. The van der Waals surface area contributed by atoms with Crippen LogP contribution in [0, 0.1) is 11.7 Å². The van der Waals surface area contributed by atoms with Crippen LogP contribution in [0.25, 0.3) is 0 Å². The number of nitrogens with two attached hydrogens (primary N) is 1. The molecule has 0 radical (unpaired) electrons. The second-order valence-corrected chi connectivity index (χ2v) is 4.95. The Kier molecular flexibility index (Phi) is 6.13. The van der Waals surface area contributed by atoms with Crippen LogP contribution < -0.4 is 10.5 Å². The fourth-order valence-corrected chi connectivity index (χ4v) is 1.63. The van der Waals surface area contributed by atoms with E-state index in [4.69, 9.17) is 10.5 Å². The van der Waals surface area contributed by atoms with E-state index in [1.807, 2.05) is 6.92 Å². The SMILES string of the molecule is CCC(C)COc1ccc(F)cc1CC(N)CC. The van der Waals surface area contributed by atoms with Crippen molar-refractivity contribution in [2.24, 2.45) is 11.7 Å². The Balaban J connectivity index is 2.76. The summed E-state index contributed by atoms with van der Waals surface area (Å²) in [5.41, 5.74) is 6.80. The smallest absolute Gasteiger partial charge is 0.123 e. The van der Waals surface area contributed by atoms with Crippen LogP contribution in [0.5, 0.6) is 5.75 Å². The first-order chi connectivity index (χ1) is 8.56. The molecule has 2 unspecified atom stereocenters. The highest BCUT2D eigenvalue weighted by atomic mass is 19.1. The monoisotopic (exact) mass is 253 g/mol. The molecule has 0 saturated carbocycles. The standard InChI is InChI=1S/C15H24FNO/c1-4-11(3)10-18-15-7-6-13(16)8-12(15)9-14(17)5-2/h6-8,11,14H,4-5,9-10,17H2,1-3H3. The van der Waals surface area contributed by atoms with Gasteiger partial charge in [-0.05, 0) is 42.5 Å². The summed E-state index contributed by atoms with van der Waals surface area (Å²) in [6.45, 7) is 6.97. The zero-order valence-electron chi connectivity index (χ0n) is 11.6. The molecule has 1 rings (SSSR count). The summed E-state index contributed by atoms with van der Waals surface area (Å²) in [7, 11) is 0. The minimum Gasteiger partial charge on any atom is -0.493 e. The predicted octanol–water partition coefficient (Wildman–Crippen LogP) is 3.53. The Bertz CT molecular complexity index is 368. The van der Waals surface area contributed by atoms with Gasteiger partial charge in [0.15, 0.2) is 0 Å². The quantitative estimate of drug-likeness (QED) is 0.806. The molecule has 1 aromatic rings. The maximum Gasteiger partial charge on any atom is 0.123 e. The van der Waals surface area contributed by atoms with E-state index in [2.05, 4.69) is 13.8 Å². The lowest BCUT2D eigenvalue weighted by Crippen LogP contribution is -2.22. The zero-order chi connectivity index (χ0) is 13.5. The van der Waals surface area contributed by atoms with E-state index in [0.717, 1.165) is 24.2 Å². The van der Waals surface area contributed by atoms with Gasteiger partial charge in [0.1, 0.15) is 11.6 Å². The first-order valence-electron chi connectivity index (χ1n) is 6.73. The maximum absolute atomic E-state index is 13.3. The minimum absolute atomic E-state index is 0.0535. The van der Waals surface area contributed by atoms with E-state index in [9.17, 15) is 4.39 Å². The highest BCUT2D eigenvalue weighted by molar-refractivity contribution is 5.34. The molecule has 102 valence electrons. The van der Waals surface area contributed by atoms with Gasteiger partial charge in [-0.2, -0.15) is 0 Å². The van der Waals surface area contributed by atoms with E-state index in [0.29, 0.717) is 18.9 Å². The van der Waals surface area contributed by atoms with E-state index in [1.54, 1.807) is 6.07 Å². The lowest BCUT2D eigenvalue weighted by molar-refractivity contribution is 0.253. The summed E-state index contributed by atoms with van der Waals surface area (Å²) in [6.07, 6.45) is 2.61. The van der Waals surface area contributed by atoms with Gasteiger partial charge < -0.3 is 10.5 Å². The summed E-state index contributed by atoms with van der Waals surface area (Å²) < 4.78 is 19.0. The van der Waals surface area contributed by atoms with E-state index in [1.165, 1.54) is 12.1 Å². The molecule has 1 aromatic carbocycles. The first-order valence-corrected chi connectivity index (χ1v) is 6.73. The Morgan fingerprint density at radius 3 is 2.61 bits per heavy atom. The van der Waals surface area contributed by atoms with Gasteiger partial charge in [-0.25, -0.2) is 4.39 Å². The van der Waals surface area contributed by atoms with Crippen molar-refractivity contribution < 1.29 is 9.13 Å². The highest BCUT2D eigenvalue weighted by Crippen LogP contribution is 2.22. The average Bonchev–Trinajstić information content (AvgIpc) is 2.37. The molecule has 2 nitrogen and oxygen atoms in total.